The van der Waals surface area contributed by atoms with Crippen molar-refractivity contribution in [2.45, 2.75) is 0 Å². The number of hydrogen-bond donors (Lipinski definition) is 3. The highest BCUT2D eigenvalue weighted by molar-refractivity contribution is 6.45. The van der Waals surface area contributed by atoms with Crippen molar-refractivity contribution in [2.24, 2.45) is 0 Å². The van der Waals surface area contributed by atoms with Gasteiger partial charge in [0, 0.05) is 10.9 Å². The molecule has 0 atom stereocenters. The zero-order valence-corrected chi connectivity index (χ0v) is 13.5. The van der Waals surface area contributed by atoms with Crippen molar-refractivity contribution < 1.29 is 14.3 Å². The quantitative estimate of drug-likeness (QED) is 0.539. The van der Waals surface area contributed by atoms with E-state index in [1.165, 1.54) is 18.2 Å². The molecule has 0 aliphatic rings. The number of hydrogen-bond acceptors (Lipinski definition) is 2. The second-order valence-corrected chi connectivity index (χ2v) is 5.91. The molecule has 0 spiro atoms. The average Bonchev–Trinajstić information content (AvgIpc) is 2.96. The molecule has 1 aromatic heterocycles. The molecule has 3 rings (SSSR count). The van der Waals surface area contributed by atoms with Gasteiger partial charge in [-0.3, -0.25) is 4.79 Å². The molecular weight excluding hydrogens is 366 g/mol. The summed E-state index contributed by atoms with van der Waals surface area (Å²) < 4.78 is 13.9. The zero-order chi connectivity index (χ0) is 16.7. The molecule has 0 saturated heterocycles. The molecule has 1 amide bonds. The highest BCUT2D eigenvalue weighted by Crippen LogP contribution is 2.33. The van der Waals surface area contributed by atoms with Gasteiger partial charge in [0.2, 0.25) is 0 Å². The monoisotopic (exact) mass is 372 g/mol. The van der Waals surface area contributed by atoms with Gasteiger partial charge in [-0.25, -0.2) is 4.39 Å². The maximum Gasteiger partial charge on any atom is 0.272 e. The number of phenols is 1. The Hall–Kier alpha value is -1.95. The van der Waals surface area contributed by atoms with Gasteiger partial charge in [0.1, 0.15) is 17.1 Å². The first-order valence-electron chi connectivity index (χ1n) is 6.33. The third-order valence-electron chi connectivity index (χ3n) is 3.25. The van der Waals surface area contributed by atoms with E-state index in [4.69, 9.17) is 34.8 Å². The van der Waals surface area contributed by atoms with E-state index in [1.807, 2.05) is 0 Å². The largest absolute Gasteiger partial charge is 0.506 e. The molecule has 3 N–H and O–H groups in total. The van der Waals surface area contributed by atoms with Crippen molar-refractivity contribution in [2.75, 3.05) is 5.32 Å². The van der Waals surface area contributed by atoms with Gasteiger partial charge >= 0.3 is 0 Å². The lowest BCUT2D eigenvalue weighted by Crippen LogP contribution is -2.13. The number of rotatable bonds is 2. The molecule has 118 valence electrons. The first-order chi connectivity index (χ1) is 10.9. The van der Waals surface area contributed by atoms with Crippen molar-refractivity contribution in [3.8, 4) is 5.75 Å². The molecule has 23 heavy (non-hydrogen) atoms. The summed E-state index contributed by atoms with van der Waals surface area (Å²) in [5.41, 5.74) is 0.327. The van der Waals surface area contributed by atoms with E-state index < -0.39 is 23.2 Å². The smallest absolute Gasteiger partial charge is 0.272 e. The van der Waals surface area contributed by atoms with E-state index in [9.17, 15) is 14.3 Å². The SMILES string of the molecule is O=C(Nc1c(O)ccc(Cl)c1F)c1cc2c(Cl)c(Cl)ccc2[nH]1. The lowest BCUT2D eigenvalue weighted by atomic mass is 10.2. The number of nitrogens with one attached hydrogen (secondary N) is 2. The normalized spacial score (nSPS) is 11.0. The van der Waals surface area contributed by atoms with Crippen LogP contribution in [0.2, 0.25) is 15.1 Å². The summed E-state index contributed by atoms with van der Waals surface area (Å²) in [4.78, 5) is 15.1. The van der Waals surface area contributed by atoms with E-state index in [1.54, 1.807) is 12.1 Å². The fraction of sp³-hybridized carbons (Fsp3) is 0. The summed E-state index contributed by atoms with van der Waals surface area (Å²) in [7, 11) is 0. The Labute approximate surface area is 144 Å². The van der Waals surface area contributed by atoms with Crippen LogP contribution in [-0.2, 0) is 0 Å². The molecule has 0 unspecified atom stereocenters. The van der Waals surface area contributed by atoms with Crippen LogP contribution in [0.5, 0.6) is 5.75 Å². The molecular formula is C15H8Cl3FN2O2. The number of benzene rings is 2. The number of fused-ring (bicyclic) bond motifs is 1. The van der Waals surface area contributed by atoms with Crippen LogP contribution in [0.1, 0.15) is 10.5 Å². The molecule has 8 heteroatoms. The minimum Gasteiger partial charge on any atom is -0.506 e. The van der Waals surface area contributed by atoms with E-state index in [0.29, 0.717) is 20.9 Å². The highest BCUT2D eigenvalue weighted by Gasteiger charge is 2.18. The minimum absolute atomic E-state index is 0.128. The van der Waals surface area contributed by atoms with Crippen LogP contribution in [-0.4, -0.2) is 16.0 Å². The van der Waals surface area contributed by atoms with E-state index >= 15 is 0 Å². The number of aromatic nitrogens is 1. The van der Waals surface area contributed by atoms with E-state index in [-0.39, 0.29) is 10.7 Å². The van der Waals surface area contributed by atoms with Crippen LogP contribution < -0.4 is 5.32 Å². The Kier molecular flexibility index (Phi) is 4.10. The fourth-order valence-corrected chi connectivity index (χ4v) is 2.65. The third kappa shape index (κ3) is 2.83. The van der Waals surface area contributed by atoms with E-state index in [0.717, 1.165) is 0 Å². The number of halogens is 4. The minimum atomic E-state index is -0.919. The molecule has 0 fully saturated rings. The molecule has 4 nitrogen and oxygen atoms in total. The first-order valence-corrected chi connectivity index (χ1v) is 7.47. The lowest BCUT2D eigenvalue weighted by Gasteiger charge is -2.08. The lowest BCUT2D eigenvalue weighted by molar-refractivity contribution is 0.102. The van der Waals surface area contributed by atoms with Crippen LogP contribution in [0.25, 0.3) is 10.9 Å². The van der Waals surface area contributed by atoms with Gasteiger partial charge in [0.15, 0.2) is 5.82 Å². The molecule has 0 aliphatic carbocycles. The molecule has 3 aromatic rings. The molecule has 0 bridgehead atoms. The summed E-state index contributed by atoms with van der Waals surface area (Å²) in [6.45, 7) is 0. The third-order valence-corrected chi connectivity index (χ3v) is 4.36. The number of phenolic OH excluding ortho intramolecular Hbond substituents is 1. The Morgan fingerprint density at radius 2 is 1.83 bits per heavy atom. The van der Waals surface area contributed by atoms with Crippen molar-refractivity contribution in [3.05, 3.63) is 56.9 Å². The van der Waals surface area contributed by atoms with Crippen molar-refractivity contribution >= 4 is 57.3 Å². The van der Waals surface area contributed by atoms with Gasteiger partial charge < -0.3 is 15.4 Å². The maximum atomic E-state index is 13.9. The Morgan fingerprint density at radius 1 is 1.13 bits per heavy atom. The second kappa shape index (κ2) is 5.92. The molecule has 2 aromatic carbocycles. The maximum absolute atomic E-state index is 13.9. The van der Waals surface area contributed by atoms with Gasteiger partial charge in [0.05, 0.1) is 15.1 Å². The number of anilines is 1. The van der Waals surface area contributed by atoms with Gasteiger partial charge in [-0.2, -0.15) is 0 Å². The van der Waals surface area contributed by atoms with Crippen molar-refractivity contribution in [3.63, 3.8) is 0 Å². The zero-order valence-electron chi connectivity index (χ0n) is 11.3. The van der Waals surface area contributed by atoms with Crippen LogP contribution in [0.4, 0.5) is 10.1 Å². The van der Waals surface area contributed by atoms with Crippen molar-refractivity contribution in [1.82, 2.24) is 4.98 Å². The summed E-state index contributed by atoms with van der Waals surface area (Å²) in [6.07, 6.45) is 0. The number of amides is 1. The Morgan fingerprint density at radius 3 is 2.57 bits per heavy atom. The predicted molar refractivity (Wildman–Crippen MR) is 89.3 cm³/mol. The molecule has 0 aliphatic heterocycles. The van der Waals surface area contributed by atoms with Gasteiger partial charge in [-0.15, -0.1) is 0 Å². The summed E-state index contributed by atoms with van der Waals surface area (Å²) >= 11 is 17.6. The van der Waals surface area contributed by atoms with Crippen LogP contribution >= 0.6 is 34.8 Å². The number of H-pyrrole nitrogens is 1. The van der Waals surface area contributed by atoms with Gasteiger partial charge in [0.25, 0.3) is 5.91 Å². The number of aromatic amines is 1. The summed E-state index contributed by atoms with van der Waals surface area (Å²) in [5, 5.41) is 12.9. The van der Waals surface area contributed by atoms with Crippen LogP contribution in [0.3, 0.4) is 0 Å². The predicted octanol–water partition coefficient (Wildman–Crippen LogP) is 5.23. The highest BCUT2D eigenvalue weighted by atomic mass is 35.5. The van der Waals surface area contributed by atoms with Crippen LogP contribution in [0, 0.1) is 5.82 Å². The van der Waals surface area contributed by atoms with E-state index in [2.05, 4.69) is 10.3 Å². The molecule has 0 saturated carbocycles. The first kappa shape index (κ1) is 15.9. The number of carbonyl (C=O) groups excluding carboxylic acids is 1. The fourth-order valence-electron chi connectivity index (χ4n) is 2.10. The average molecular weight is 374 g/mol. The number of carbonyl (C=O) groups is 1. The van der Waals surface area contributed by atoms with Crippen molar-refractivity contribution in [1.29, 1.82) is 0 Å². The Bertz CT molecular complexity index is 940. The summed E-state index contributed by atoms with van der Waals surface area (Å²) in [6, 6.07) is 7.11. The molecule has 1 heterocycles. The van der Waals surface area contributed by atoms with Crippen LogP contribution in [0.15, 0.2) is 30.3 Å². The topological polar surface area (TPSA) is 65.1 Å². The second-order valence-electron chi connectivity index (χ2n) is 4.72. The Balaban J connectivity index is 1.99. The van der Waals surface area contributed by atoms with Gasteiger partial charge in [-0.05, 0) is 30.3 Å². The molecule has 0 radical (unpaired) electrons. The van der Waals surface area contributed by atoms with Gasteiger partial charge in [-0.1, -0.05) is 34.8 Å². The standard InChI is InChI=1S/C15H8Cl3FN2O2/c16-7-1-3-9-6(12(7)18)5-10(20-9)15(23)21-14-11(22)4-2-8(17)13(14)19/h1-5,20,22H,(H,21,23). The number of aromatic hydroxyl groups is 1. The summed E-state index contributed by atoms with van der Waals surface area (Å²) in [5.74, 6) is -2.01.